The molecular formula is C19H13FN4. The standard InChI is InChI=1S/C19H13FN4/c20-14-8-2-4-10-16(14)23-18-13-7-1-3-9-15(13)22-19(24-18)17-11-5-6-12-21-17/h1-12H,(H,22,23,24). The molecule has 0 fully saturated rings. The summed E-state index contributed by atoms with van der Waals surface area (Å²) in [5.74, 6) is 0.707. The Bertz CT molecular complexity index is 1000. The molecular weight excluding hydrogens is 303 g/mol. The summed E-state index contributed by atoms with van der Waals surface area (Å²) in [5, 5.41) is 3.89. The highest BCUT2D eigenvalue weighted by atomic mass is 19.1. The average Bonchev–Trinajstić information content (AvgIpc) is 2.64. The van der Waals surface area contributed by atoms with Gasteiger partial charge in [-0.05, 0) is 36.4 Å². The molecule has 0 bridgehead atoms. The van der Waals surface area contributed by atoms with Gasteiger partial charge in [0.25, 0.3) is 0 Å². The number of rotatable bonds is 3. The summed E-state index contributed by atoms with van der Waals surface area (Å²) in [7, 11) is 0. The van der Waals surface area contributed by atoms with Crippen molar-refractivity contribution in [2.45, 2.75) is 0 Å². The zero-order valence-corrected chi connectivity index (χ0v) is 12.6. The first-order valence-corrected chi connectivity index (χ1v) is 7.51. The van der Waals surface area contributed by atoms with Gasteiger partial charge in [-0.2, -0.15) is 0 Å². The molecule has 0 amide bonds. The number of aromatic nitrogens is 3. The molecule has 2 aromatic carbocycles. The van der Waals surface area contributed by atoms with E-state index >= 15 is 0 Å². The predicted octanol–water partition coefficient (Wildman–Crippen LogP) is 4.57. The van der Waals surface area contributed by atoms with E-state index in [0.29, 0.717) is 23.0 Å². The van der Waals surface area contributed by atoms with Crippen LogP contribution in [0.2, 0.25) is 0 Å². The van der Waals surface area contributed by atoms with Gasteiger partial charge in [-0.1, -0.05) is 30.3 Å². The largest absolute Gasteiger partial charge is 0.337 e. The summed E-state index contributed by atoms with van der Waals surface area (Å²) in [6.07, 6.45) is 1.69. The van der Waals surface area contributed by atoms with E-state index < -0.39 is 0 Å². The first kappa shape index (κ1) is 14.3. The van der Waals surface area contributed by atoms with E-state index in [9.17, 15) is 4.39 Å². The van der Waals surface area contributed by atoms with Crippen LogP contribution in [0.25, 0.3) is 22.4 Å². The number of pyridine rings is 1. The Labute approximate surface area is 138 Å². The lowest BCUT2D eigenvalue weighted by molar-refractivity contribution is 0.632. The van der Waals surface area contributed by atoms with Crippen LogP contribution in [0.1, 0.15) is 0 Å². The van der Waals surface area contributed by atoms with Gasteiger partial charge in [-0.3, -0.25) is 4.98 Å². The van der Waals surface area contributed by atoms with E-state index in [2.05, 4.69) is 20.3 Å². The Morgan fingerprint density at radius 1 is 0.792 bits per heavy atom. The highest BCUT2D eigenvalue weighted by molar-refractivity contribution is 5.92. The fourth-order valence-electron chi connectivity index (χ4n) is 2.47. The lowest BCUT2D eigenvalue weighted by Gasteiger charge is -2.11. The van der Waals surface area contributed by atoms with E-state index in [0.717, 1.165) is 10.9 Å². The number of benzene rings is 2. The molecule has 0 radical (unpaired) electrons. The molecule has 0 aliphatic rings. The summed E-state index contributed by atoms with van der Waals surface area (Å²) in [4.78, 5) is 13.4. The van der Waals surface area contributed by atoms with Crippen molar-refractivity contribution in [3.05, 3.63) is 78.7 Å². The van der Waals surface area contributed by atoms with Gasteiger partial charge in [0.2, 0.25) is 0 Å². The Hall–Kier alpha value is -3.34. The lowest BCUT2D eigenvalue weighted by atomic mass is 10.2. The third-order valence-electron chi connectivity index (χ3n) is 3.62. The van der Waals surface area contributed by atoms with Crippen LogP contribution in [0.4, 0.5) is 15.9 Å². The summed E-state index contributed by atoms with van der Waals surface area (Å²) in [6, 6.07) is 19.7. The third-order valence-corrected chi connectivity index (χ3v) is 3.62. The molecule has 2 aromatic heterocycles. The van der Waals surface area contributed by atoms with E-state index in [1.165, 1.54) is 6.07 Å². The summed E-state index contributed by atoms with van der Waals surface area (Å²) < 4.78 is 14.0. The number of nitrogens with one attached hydrogen (secondary N) is 1. The van der Waals surface area contributed by atoms with E-state index in [1.807, 2.05) is 42.5 Å². The smallest absolute Gasteiger partial charge is 0.180 e. The predicted molar refractivity (Wildman–Crippen MR) is 92.5 cm³/mol. The van der Waals surface area contributed by atoms with Gasteiger partial charge >= 0.3 is 0 Å². The molecule has 4 aromatic rings. The summed E-state index contributed by atoms with van der Waals surface area (Å²) in [5.41, 5.74) is 1.81. The lowest BCUT2D eigenvalue weighted by Crippen LogP contribution is -2.01. The van der Waals surface area contributed by atoms with Crippen LogP contribution >= 0.6 is 0 Å². The van der Waals surface area contributed by atoms with Crippen LogP contribution in [0.5, 0.6) is 0 Å². The number of nitrogens with zero attached hydrogens (tertiary/aromatic N) is 3. The molecule has 4 nitrogen and oxygen atoms in total. The van der Waals surface area contributed by atoms with E-state index in [1.54, 1.807) is 24.4 Å². The van der Waals surface area contributed by atoms with Gasteiger partial charge in [0, 0.05) is 11.6 Å². The number of halogens is 1. The quantitative estimate of drug-likeness (QED) is 0.601. The zero-order valence-electron chi connectivity index (χ0n) is 12.6. The molecule has 0 spiro atoms. The summed E-state index contributed by atoms with van der Waals surface area (Å²) >= 11 is 0. The number of para-hydroxylation sites is 2. The van der Waals surface area contributed by atoms with Crippen molar-refractivity contribution in [3.8, 4) is 11.5 Å². The first-order valence-electron chi connectivity index (χ1n) is 7.51. The number of fused-ring (bicyclic) bond motifs is 1. The van der Waals surface area contributed by atoms with Crippen LogP contribution in [0.3, 0.4) is 0 Å². The third kappa shape index (κ3) is 2.67. The molecule has 0 atom stereocenters. The van der Waals surface area contributed by atoms with Gasteiger partial charge in [0.05, 0.1) is 11.2 Å². The molecule has 2 heterocycles. The molecule has 4 rings (SSSR count). The van der Waals surface area contributed by atoms with Crippen molar-refractivity contribution in [1.29, 1.82) is 0 Å². The Morgan fingerprint density at radius 2 is 1.58 bits per heavy atom. The van der Waals surface area contributed by atoms with Crippen molar-refractivity contribution in [3.63, 3.8) is 0 Å². The second-order valence-corrected chi connectivity index (χ2v) is 5.23. The maximum Gasteiger partial charge on any atom is 0.180 e. The molecule has 0 saturated carbocycles. The van der Waals surface area contributed by atoms with Crippen LogP contribution in [0.15, 0.2) is 72.9 Å². The first-order chi connectivity index (χ1) is 11.8. The van der Waals surface area contributed by atoms with Crippen molar-refractivity contribution in [2.75, 3.05) is 5.32 Å². The Balaban J connectivity index is 1.88. The number of hydrogen-bond acceptors (Lipinski definition) is 4. The SMILES string of the molecule is Fc1ccccc1Nc1nc(-c2ccccn2)nc2ccccc12. The molecule has 24 heavy (non-hydrogen) atoms. The molecule has 0 unspecified atom stereocenters. The minimum Gasteiger partial charge on any atom is -0.337 e. The fraction of sp³-hybridized carbons (Fsp3) is 0. The Morgan fingerprint density at radius 3 is 2.42 bits per heavy atom. The van der Waals surface area contributed by atoms with Crippen molar-refractivity contribution < 1.29 is 4.39 Å². The van der Waals surface area contributed by atoms with Crippen molar-refractivity contribution in [1.82, 2.24) is 15.0 Å². The molecule has 0 aliphatic carbocycles. The van der Waals surface area contributed by atoms with Crippen LogP contribution < -0.4 is 5.32 Å². The molecule has 0 aliphatic heterocycles. The van der Waals surface area contributed by atoms with Gasteiger partial charge in [0.1, 0.15) is 17.3 Å². The second kappa shape index (κ2) is 6.04. The highest BCUT2D eigenvalue weighted by Gasteiger charge is 2.11. The number of anilines is 2. The minimum absolute atomic E-state index is 0.334. The van der Waals surface area contributed by atoms with E-state index in [4.69, 9.17) is 0 Å². The van der Waals surface area contributed by atoms with Gasteiger partial charge in [-0.15, -0.1) is 0 Å². The minimum atomic E-state index is -0.334. The van der Waals surface area contributed by atoms with Gasteiger partial charge in [0.15, 0.2) is 5.82 Å². The zero-order chi connectivity index (χ0) is 16.4. The van der Waals surface area contributed by atoms with Crippen LogP contribution in [-0.4, -0.2) is 15.0 Å². The van der Waals surface area contributed by atoms with Crippen LogP contribution in [-0.2, 0) is 0 Å². The molecule has 1 N–H and O–H groups in total. The van der Waals surface area contributed by atoms with Gasteiger partial charge < -0.3 is 5.32 Å². The normalized spacial score (nSPS) is 10.7. The molecule has 0 saturated heterocycles. The average molecular weight is 316 g/mol. The second-order valence-electron chi connectivity index (χ2n) is 5.23. The Kier molecular flexibility index (Phi) is 3.59. The topological polar surface area (TPSA) is 50.7 Å². The van der Waals surface area contributed by atoms with Crippen LogP contribution in [0, 0.1) is 5.82 Å². The molecule has 5 heteroatoms. The van der Waals surface area contributed by atoms with Gasteiger partial charge in [-0.25, -0.2) is 14.4 Å². The van der Waals surface area contributed by atoms with Crippen molar-refractivity contribution >= 4 is 22.4 Å². The van der Waals surface area contributed by atoms with E-state index in [-0.39, 0.29) is 5.82 Å². The number of hydrogen-bond donors (Lipinski definition) is 1. The fourth-order valence-corrected chi connectivity index (χ4v) is 2.47. The van der Waals surface area contributed by atoms with Crippen molar-refractivity contribution in [2.24, 2.45) is 0 Å². The maximum atomic E-state index is 14.0. The highest BCUT2D eigenvalue weighted by Crippen LogP contribution is 2.27. The maximum absolute atomic E-state index is 14.0. The molecule has 116 valence electrons. The monoisotopic (exact) mass is 316 g/mol. The summed E-state index contributed by atoms with van der Waals surface area (Å²) in [6.45, 7) is 0.